The summed E-state index contributed by atoms with van der Waals surface area (Å²) in [6, 6.07) is -0.535. The third kappa shape index (κ3) is 5.07. The van der Waals surface area contributed by atoms with Crippen molar-refractivity contribution in [2.45, 2.75) is 131 Å². The Balaban J connectivity index is 1.41. The van der Waals surface area contributed by atoms with Crippen molar-refractivity contribution < 1.29 is 14.6 Å². The Morgan fingerprint density at radius 1 is 1.03 bits per heavy atom. The van der Waals surface area contributed by atoms with E-state index in [0.717, 1.165) is 49.4 Å². The Labute approximate surface area is 221 Å². The first-order valence-electron chi connectivity index (χ1n) is 15.2. The monoisotopic (exact) mass is 501 g/mol. The fourth-order valence-corrected chi connectivity index (χ4v) is 9.27. The average Bonchev–Trinajstić information content (AvgIpc) is 3.18. The molecular formula is C32H55NO3. The van der Waals surface area contributed by atoms with Crippen LogP contribution in [0.2, 0.25) is 0 Å². The zero-order valence-electron chi connectivity index (χ0n) is 24.3. The summed E-state index contributed by atoms with van der Waals surface area (Å²) in [5.74, 6) is 4.01. The summed E-state index contributed by atoms with van der Waals surface area (Å²) in [5.41, 5.74) is 8.39. The molecule has 0 aromatic carbocycles. The van der Waals surface area contributed by atoms with Crippen molar-refractivity contribution in [1.82, 2.24) is 0 Å². The summed E-state index contributed by atoms with van der Waals surface area (Å²) in [4.78, 5) is 12.6. The molecule has 0 aromatic heterocycles. The molecule has 3 saturated carbocycles. The highest BCUT2D eigenvalue weighted by Gasteiger charge is 2.59. The van der Waals surface area contributed by atoms with Gasteiger partial charge < -0.3 is 15.6 Å². The number of aliphatic hydroxyl groups excluding tert-OH is 1. The Bertz CT molecular complexity index is 820. The minimum absolute atomic E-state index is 0.0472. The van der Waals surface area contributed by atoms with Crippen molar-refractivity contribution >= 4 is 5.97 Å². The molecule has 4 aliphatic carbocycles. The van der Waals surface area contributed by atoms with Crippen LogP contribution in [-0.2, 0) is 9.53 Å². The highest BCUT2D eigenvalue weighted by atomic mass is 16.5. The van der Waals surface area contributed by atoms with Crippen molar-refractivity contribution in [1.29, 1.82) is 0 Å². The number of nitrogens with two attached hydrogens (primary N) is 1. The van der Waals surface area contributed by atoms with Crippen LogP contribution in [0.5, 0.6) is 0 Å². The maximum absolute atomic E-state index is 12.6. The van der Waals surface area contributed by atoms with Gasteiger partial charge in [0.25, 0.3) is 0 Å². The van der Waals surface area contributed by atoms with Crippen molar-refractivity contribution in [2.24, 2.45) is 58.0 Å². The van der Waals surface area contributed by atoms with Gasteiger partial charge in [-0.1, -0.05) is 60.1 Å². The third-order valence-corrected chi connectivity index (χ3v) is 11.7. The van der Waals surface area contributed by atoms with Crippen LogP contribution in [0, 0.1) is 52.3 Å². The van der Waals surface area contributed by atoms with Gasteiger partial charge >= 0.3 is 5.97 Å². The van der Waals surface area contributed by atoms with Gasteiger partial charge in [0, 0.05) is 0 Å². The van der Waals surface area contributed by atoms with Crippen molar-refractivity contribution in [3.05, 3.63) is 11.6 Å². The van der Waals surface area contributed by atoms with Gasteiger partial charge in [0.2, 0.25) is 0 Å². The van der Waals surface area contributed by atoms with Gasteiger partial charge in [-0.2, -0.15) is 0 Å². The molecule has 4 rings (SSSR count). The minimum atomic E-state index is -0.535. The lowest BCUT2D eigenvalue weighted by molar-refractivity contribution is -0.154. The molecule has 0 heterocycles. The zero-order valence-corrected chi connectivity index (χ0v) is 24.3. The summed E-state index contributed by atoms with van der Waals surface area (Å²) >= 11 is 0. The molecule has 4 nitrogen and oxygen atoms in total. The van der Waals surface area contributed by atoms with E-state index in [2.05, 4.69) is 40.7 Å². The van der Waals surface area contributed by atoms with Gasteiger partial charge in [-0.3, -0.25) is 4.79 Å². The average molecular weight is 502 g/mol. The predicted octanol–water partition coefficient (Wildman–Crippen LogP) is 6.89. The van der Waals surface area contributed by atoms with Crippen LogP contribution in [0.15, 0.2) is 11.6 Å². The predicted molar refractivity (Wildman–Crippen MR) is 147 cm³/mol. The molecule has 0 unspecified atom stereocenters. The van der Waals surface area contributed by atoms with Crippen LogP contribution in [0.1, 0.15) is 113 Å². The highest BCUT2D eigenvalue weighted by molar-refractivity contribution is 5.75. The summed E-state index contributed by atoms with van der Waals surface area (Å²) in [6.07, 6.45) is 14.1. The van der Waals surface area contributed by atoms with E-state index in [1.54, 1.807) is 5.57 Å². The van der Waals surface area contributed by atoms with Crippen LogP contribution >= 0.6 is 0 Å². The molecule has 3 N–H and O–H groups in total. The molecule has 0 radical (unpaired) electrons. The number of carbonyl (C=O) groups excluding carboxylic acids is 1. The van der Waals surface area contributed by atoms with Gasteiger partial charge in [-0.15, -0.1) is 0 Å². The molecule has 206 valence electrons. The Morgan fingerprint density at radius 3 is 2.42 bits per heavy atom. The first-order chi connectivity index (χ1) is 16.9. The maximum atomic E-state index is 12.6. The van der Waals surface area contributed by atoms with Gasteiger partial charge in [0.15, 0.2) is 0 Å². The second kappa shape index (κ2) is 10.7. The lowest BCUT2D eigenvalue weighted by Crippen LogP contribution is -2.50. The molecule has 3 fully saturated rings. The minimum Gasteiger partial charge on any atom is -0.461 e. The second-order valence-corrected chi connectivity index (χ2v) is 14.4. The number of rotatable bonds is 8. The van der Waals surface area contributed by atoms with E-state index >= 15 is 0 Å². The molecule has 0 amide bonds. The summed E-state index contributed by atoms with van der Waals surface area (Å²) in [6.45, 7) is 15.9. The largest absolute Gasteiger partial charge is 0.461 e. The van der Waals surface area contributed by atoms with Crippen LogP contribution in [0.4, 0.5) is 0 Å². The molecule has 0 saturated heterocycles. The molecule has 0 aliphatic heterocycles. The number of allylic oxidation sites excluding steroid dienone is 1. The van der Waals surface area contributed by atoms with Crippen molar-refractivity contribution in [2.75, 3.05) is 0 Å². The van der Waals surface area contributed by atoms with Gasteiger partial charge in [-0.05, 0) is 116 Å². The normalized spacial score (nSPS) is 40.6. The Hall–Kier alpha value is -0.870. The number of ether oxygens (including phenoxy) is 1. The first-order valence-corrected chi connectivity index (χ1v) is 15.2. The molecule has 4 aliphatic rings. The van der Waals surface area contributed by atoms with Crippen molar-refractivity contribution in [3.8, 4) is 0 Å². The van der Waals surface area contributed by atoms with Crippen LogP contribution < -0.4 is 5.73 Å². The molecule has 0 aromatic rings. The fourth-order valence-electron chi connectivity index (χ4n) is 9.27. The Kier molecular flexibility index (Phi) is 8.38. The molecular weight excluding hydrogens is 446 g/mol. The van der Waals surface area contributed by atoms with E-state index in [9.17, 15) is 9.90 Å². The number of hydrogen-bond acceptors (Lipinski definition) is 4. The van der Waals surface area contributed by atoms with Gasteiger partial charge in [0.05, 0.1) is 6.10 Å². The maximum Gasteiger partial charge on any atom is 0.323 e. The summed E-state index contributed by atoms with van der Waals surface area (Å²) < 4.78 is 5.93. The number of carbonyl (C=O) groups is 1. The van der Waals surface area contributed by atoms with E-state index in [-0.39, 0.29) is 24.1 Å². The molecule has 0 spiro atoms. The van der Waals surface area contributed by atoms with E-state index in [1.807, 2.05) is 13.8 Å². The number of fused-ring (bicyclic) bond motifs is 5. The van der Waals surface area contributed by atoms with E-state index in [0.29, 0.717) is 22.7 Å². The van der Waals surface area contributed by atoms with E-state index in [4.69, 9.17) is 10.5 Å². The van der Waals surface area contributed by atoms with Crippen LogP contribution in [0.3, 0.4) is 0 Å². The highest BCUT2D eigenvalue weighted by Crippen LogP contribution is 2.67. The van der Waals surface area contributed by atoms with Crippen molar-refractivity contribution in [3.63, 3.8) is 0 Å². The summed E-state index contributed by atoms with van der Waals surface area (Å²) in [7, 11) is 0. The first kappa shape index (κ1) is 28.1. The topological polar surface area (TPSA) is 72.5 Å². The molecule has 10 atom stereocenters. The molecule has 4 heteroatoms. The molecule has 0 bridgehead atoms. The lowest BCUT2D eigenvalue weighted by atomic mass is 9.47. The van der Waals surface area contributed by atoms with E-state index < -0.39 is 6.04 Å². The van der Waals surface area contributed by atoms with E-state index in [1.165, 1.54) is 38.5 Å². The number of esters is 1. The van der Waals surface area contributed by atoms with Crippen LogP contribution in [-0.4, -0.2) is 29.3 Å². The lowest BCUT2D eigenvalue weighted by Gasteiger charge is -2.58. The van der Waals surface area contributed by atoms with Gasteiger partial charge in [-0.25, -0.2) is 0 Å². The zero-order chi connectivity index (χ0) is 26.4. The SMILES string of the molecule is CC(C)[C@H](CC[C@@H](C)[C@H]1CC[C@H]2[C@@H]3CC=C4C[C@@H](O)CC[C@]4(C)[C@H]3CC[C@]12C)OC(=O)[C@@H](N)C(C)C. The fraction of sp³-hybridized carbons (Fsp3) is 0.906. The summed E-state index contributed by atoms with van der Waals surface area (Å²) in [5, 5.41) is 10.3. The number of hydrogen-bond donors (Lipinski definition) is 2. The third-order valence-electron chi connectivity index (χ3n) is 11.7. The standard InChI is InChI=1S/C32H55NO3/c1-19(2)28(36-30(35)29(33)20(3)4)13-8-21(5)25-11-12-26-24-10-9-22-18-23(34)14-16-31(22,6)27(24)15-17-32(25,26)7/h9,19-21,23-29,34H,8,10-18,33H2,1-7H3/t21-,23+,24+,25-,26+,27+,28+,29+,31+,32-/m1/s1. The van der Waals surface area contributed by atoms with Gasteiger partial charge in [0.1, 0.15) is 12.1 Å². The molecule has 36 heavy (non-hydrogen) atoms. The second-order valence-electron chi connectivity index (χ2n) is 14.4. The quantitative estimate of drug-likeness (QED) is 0.280. The van der Waals surface area contributed by atoms with Crippen LogP contribution in [0.25, 0.3) is 0 Å². The number of aliphatic hydroxyl groups is 1. The Morgan fingerprint density at radius 2 is 1.75 bits per heavy atom. The smallest absolute Gasteiger partial charge is 0.323 e.